The zero-order valence-corrected chi connectivity index (χ0v) is 7.64. The summed E-state index contributed by atoms with van der Waals surface area (Å²) in [6.45, 7) is 0. The fourth-order valence-corrected chi connectivity index (χ4v) is 1.17. The predicted molar refractivity (Wildman–Crippen MR) is 49.0 cm³/mol. The fraction of sp³-hybridized carbons (Fsp3) is 0.222. The summed E-state index contributed by atoms with van der Waals surface area (Å²) in [7, 11) is 0. The van der Waals surface area contributed by atoms with Gasteiger partial charge in [-0.15, -0.1) is 0 Å². The molecule has 1 aromatic rings. The minimum absolute atomic E-state index is 0.0522. The van der Waals surface area contributed by atoms with Crippen LogP contribution in [0.4, 0.5) is 10.1 Å². The van der Waals surface area contributed by atoms with Gasteiger partial charge < -0.3 is 5.11 Å². The molecule has 80 valence electrons. The van der Waals surface area contributed by atoms with Gasteiger partial charge in [0.1, 0.15) is 5.82 Å². The van der Waals surface area contributed by atoms with Crippen LogP contribution in [-0.4, -0.2) is 16.0 Å². The molecule has 0 aliphatic carbocycles. The second-order valence-electron chi connectivity index (χ2n) is 2.92. The smallest absolute Gasteiger partial charge is 0.303 e. The second-order valence-corrected chi connectivity index (χ2v) is 2.92. The number of nitro benzene ring substituents is 1. The number of aliphatic carboxylic acids is 1. The molecule has 0 fully saturated rings. The summed E-state index contributed by atoms with van der Waals surface area (Å²) in [5.74, 6) is -1.69. The lowest BCUT2D eigenvalue weighted by Crippen LogP contribution is -2.01. The van der Waals surface area contributed by atoms with Crippen molar-refractivity contribution in [3.63, 3.8) is 0 Å². The highest BCUT2D eigenvalue weighted by Crippen LogP contribution is 2.20. The Kier molecular flexibility index (Phi) is 3.33. The summed E-state index contributed by atoms with van der Waals surface area (Å²) in [5.41, 5.74) is -0.153. The SMILES string of the molecule is O=C(O)CCc1cc(F)ccc1[N+](=O)[O-]. The summed E-state index contributed by atoms with van der Waals surface area (Å²) >= 11 is 0. The van der Waals surface area contributed by atoms with Crippen molar-refractivity contribution < 1.29 is 19.2 Å². The quantitative estimate of drug-likeness (QED) is 0.610. The molecule has 0 aliphatic rings. The molecule has 0 saturated carbocycles. The summed E-state index contributed by atoms with van der Waals surface area (Å²) in [4.78, 5) is 20.1. The lowest BCUT2D eigenvalue weighted by atomic mass is 10.1. The average Bonchev–Trinajstić information content (AvgIpc) is 2.14. The van der Waals surface area contributed by atoms with Gasteiger partial charge in [0.05, 0.1) is 4.92 Å². The van der Waals surface area contributed by atoms with Crippen molar-refractivity contribution in [1.29, 1.82) is 0 Å². The molecule has 0 aromatic heterocycles. The number of carbonyl (C=O) groups is 1. The number of nitrogens with zero attached hydrogens (tertiary/aromatic N) is 1. The molecule has 0 amide bonds. The Morgan fingerprint density at radius 3 is 2.73 bits per heavy atom. The van der Waals surface area contributed by atoms with E-state index >= 15 is 0 Å². The molecule has 0 atom stereocenters. The van der Waals surface area contributed by atoms with Gasteiger partial charge in [-0.05, 0) is 18.6 Å². The lowest BCUT2D eigenvalue weighted by Gasteiger charge is -2.00. The van der Waals surface area contributed by atoms with Crippen molar-refractivity contribution in [3.8, 4) is 0 Å². The van der Waals surface area contributed by atoms with E-state index in [-0.39, 0.29) is 24.1 Å². The number of nitro groups is 1. The molecule has 0 radical (unpaired) electrons. The van der Waals surface area contributed by atoms with Crippen molar-refractivity contribution in [2.24, 2.45) is 0 Å². The van der Waals surface area contributed by atoms with E-state index in [9.17, 15) is 19.3 Å². The number of hydrogen-bond acceptors (Lipinski definition) is 3. The average molecular weight is 213 g/mol. The summed E-state index contributed by atoms with van der Waals surface area (Å²) in [6, 6.07) is 3.00. The maximum Gasteiger partial charge on any atom is 0.303 e. The number of halogens is 1. The van der Waals surface area contributed by atoms with E-state index in [4.69, 9.17) is 5.11 Å². The van der Waals surface area contributed by atoms with E-state index in [1.165, 1.54) is 0 Å². The van der Waals surface area contributed by atoms with Crippen LogP contribution in [0.25, 0.3) is 0 Å². The standard InChI is InChI=1S/C9H8FNO4/c10-7-2-3-8(11(14)15)6(5-7)1-4-9(12)13/h2-3,5H,1,4H2,(H,12,13). The van der Waals surface area contributed by atoms with Gasteiger partial charge in [0.15, 0.2) is 0 Å². The molecule has 1 N–H and O–H groups in total. The van der Waals surface area contributed by atoms with Gasteiger partial charge in [0.2, 0.25) is 0 Å². The molecule has 1 aromatic carbocycles. The summed E-state index contributed by atoms with van der Waals surface area (Å²) in [5, 5.41) is 18.9. The van der Waals surface area contributed by atoms with Crippen LogP contribution in [0.3, 0.4) is 0 Å². The van der Waals surface area contributed by atoms with Crippen molar-refractivity contribution in [3.05, 3.63) is 39.7 Å². The normalized spacial score (nSPS) is 9.93. The van der Waals surface area contributed by atoms with E-state index in [0.717, 1.165) is 18.2 Å². The van der Waals surface area contributed by atoms with Gasteiger partial charge >= 0.3 is 5.97 Å². The lowest BCUT2D eigenvalue weighted by molar-refractivity contribution is -0.385. The Labute approximate surface area is 84.3 Å². The zero-order chi connectivity index (χ0) is 11.4. The second kappa shape index (κ2) is 4.50. The molecule has 0 bridgehead atoms. The van der Waals surface area contributed by atoms with Crippen LogP contribution in [0.15, 0.2) is 18.2 Å². The van der Waals surface area contributed by atoms with Crippen LogP contribution in [0.2, 0.25) is 0 Å². The maximum atomic E-state index is 12.8. The molecule has 6 heteroatoms. The van der Waals surface area contributed by atoms with E-state index in [1.807, 2.05) is 0 Å². The van der Waals surface area contributed by atoms with E-state index in [0.29, 0.717) is 0 Å². The number of carboxylic acid groups (broad SMARTS) is 1. The minimum atomic E-state index is -1.08. The van der Waals surface area contributed by atoms with Gasteiger partial charge in [0.25, 0.3) is 5.69 Å². The Hall–Kier alpha value is -1.98. The molecule has 1 rings (SSSR count). The van der Waals surface area contributed by atoms with E-state index in [1.54, 1.807) is 0 Å². The number of aryl methyl sites for hydroxylation is 1. The van der Waals surface area contributed by atoms with E-state index in [2.05, 4.69) is 0 Å². The van der Waals surface area contributed by atoms with Crippen LogP contribution in [0.5, 0.6) is 0 Å². The topological polar surface area (TPSA) is 80.4 Å². The molecule has 0 spiro atoms. The van der Waals surface area contributed by atoms with E-state index < -0.39 is 16.7 Å². The Morgan fingerprint density at radius 1 is 1.53 bits per heavy atom. The maximum absolute atomic E-state index is 12.8. The van der Waals surface area contributed by atoms with Gasteiger partial charge in [0, 0.05) is 18.1 Å². The first-order valence-corrected chi connectivity index (χ1v) is 4.15. The van der Waals surface area contributed by atoms with Gasteiger partial charge in [-0.2, -0.15) is 0 Å². The number of hydrogen-bond donors (Lipinski definition) is 1. The highest BCUT2D eigenvalue weighted by Gasteiger charge is 2.14. The third kappa shape index (κ3) is 3.01. The van der Waals surface area contributed by atoms with Gasteiger partial charge in [-0.25, -0.2) is 4.39 Å². The fourth-order valence-electron chi connectivity index (χ4n) is 1.17. The minimum Gasteiger partial charge on any atom is -0.481 e. The first kappa shape index (κ1) is 11.1. The Balaban J connectivity index is 2.96. The van der Waals surface area contributed by atoms with Crippen molar-refractivity contribution in [2.45, 2.75) is 12.8 Å². The van der Waals surface area contributed by atoms with Crippen LogP contribution < -0.4 is 0 Å². The monoisotopic (exact) mass is 213 g/mol. The molecule has 15 heavy (non-hydrogen) atoms. The molecular formula is C9H8FNO4. The highest BCUT2D eigenvalue weighted by atomic mass is 19.1. The van der Waals surface area contributed by atoms with Crippen LogP contribution in [0.1, 0.15) is 12.0 Å². The van der Waals surface area contributed by atoms with Crippen LogP contribution >= 0.6 is 0 Å². The largest absolute Gasteiger partial charge is 0.481 e. The Morgan fingerprint density at radius 2 is 2.20 bits per heavy atom. The third-order valence-corrected chi connectivity index (χ3v) is 1.85. The number of carboxylic acids is 1. The van der Waals surface area contributed by atoms with Crippen LogP contribution in [0, 0.1) is 15.9 Å². The first-order valence-electron chi connectivity index (χ1n) is 4.15. The summed E-state index contributed by atoms with van der Waals surface area (Å²) < 4.78 is 12.8. The van der Waals surface area contributed by atoms with Crippen LogP contribution in [-0.2, 0) is 11.2 Å². The molecule has 0 heterocycles. The van der Waals surface area contributed by atoms with Gasteiger partial charge in [-0.1, -0.05) is 0 Å². The number of benzene rings is 1. The highest BCUT2D eigenvalue weighted by molar-refractivity contribution is 5.67. The molecule has 0 unspecified atom stereocenters. The zero-order valence-electron chi connectivity index (χ0n) is 7.64. The Bertz CT molecular complexity index is 405. The number of rotatable bonds is 4. The first-order chi connectivity index (χ1) is 7.00. The van der Waals surface area contributed by atoms with Crippen molar-refractivity contribution in [2.75, 3.05) is 0 Å². The van der Waals surface area contributed by atoms with Crippen molar-refractivity contribution >= 4 is 11.7 Å². The third-order valence-electron chi connectivity index (χ3n) is 1.85. The predicted octanol–water partition coefficient (Wildman–Crippen LogP) is 1.75. The molecular weight excluding hydrogens is 205 g/mol. The molecule has 5 nitrogen and oxygen atoms in total. The van der Waals surface area contributed by atoms with Crippen molar-refractivity contribution in [1.82, 2.24) is 0 Å². The summed E-state index contributed by atoms with van der Waals surface area (Å²) in [6.07, 6.45) is -0.312. The molecule has 0 saturated heterocycles. The van der Waals surface area contributed by atoms with Gasteiger partial charge in [-0.3, -0.25) is 14.9 Å². The molecule has 0 aliphatic heterocycles.